The normalized spacial score (nSPS) is 15.1. The number of carbonyl (C=O) groups excluding carboxylic acids is 1. The molecule has 5 nitrogen and oxygen atoms in total. The minimum absolute atomic E-state index is 0.0501. The molecule has 30 heavy (non-hydrogen) atoms. The quantitative estimate of drug-likeness (QED) is 0.547. The largest absolute Gasteiger partial charge is 0.349 e. The lowest BCUT2D eigenvalue weighted by atomic mass is 10.0. The number of nitrogens with zero attached hydrogens (tertiary/aromatic N) is 3. The topological polar surface area (TPSA) is 58.1 Å². The van der Waals surface area contributed by atoms with Crippen molar-refractivity contribution in [2.24, 2.45) is 0 Å². The van der Waals surface area contributed by atoms with Crippen LogP contribution >= 0.6 is 27.7 Å². The van der Waals surface area contributed by atoms with Crippen LogP contribution in [0, 0.1) is 0 Å². The van der Waals surface area contributed by atoms with Gasteiger partial charge in [0.05, 0.1) is 11.3 Å². The lowest BCUT2D eigenvalue weighted by Gasteiger charge is -2.32. The number of amides is 1. The Bertz CT molecular complexity index is 976. The molecule has 2 aromatic heterocycles. The molecule has 3 heterocycles. The molecule has 0 spiro atoms. The molecule has 0 bridgehead atoms. The Balaban J connectivity index is 1.34. The Morgan fingerprint density at radius 2 is 1.80 bits per heavy atom. The maximum absolute atomic E-state index is 13.0. The van der Waals surface area contributed by atoms with E-state index in [9.17, 15) is 4.79 Å². The number of hydrogen-bond donors (Lipinski definition) is 1. The minimum Gasteiger partial charge on any atom is -0.349 e. The summed E-state index contributed by atoms with van der Waals surface area (Å²) in [5.74, 6) is -0.0501. The summed E-state index contributed by atoms with van der Waals surface area (Å²) in [5, 5.41) is 3.94. The molecular formula is C23H23BrN4OS. The van der Waals surface area contributed by atoms with Crippen molar-refractivity contribution in [2.75, 3.05) is 13.1 Å². The monoisotopic (exact) mass is 482 g/mol. The number of aromatic nitrogens is 2. The standard InChI is InChI=1S/C23H23BrN4OS/c24-17-6-8-20(9-7-17)30-23-21(5-3-13-26-23)22(29)27-18-10-14-28(15-11-18)16-19-4-1-2-12-25-19/h1-9,12-13,18H,10-11,14-16H2,(H,27,29). The number of benzene rings is 1. The highest BCUT2D eigenvalue weighted by molar-refractivity contribution is 9.10. The second kappa shape index (κ2) is 10.2. The zero-order chi connectivity index (χ0) is 20.8. The molecular weight excluding hydrogens is 460 g/mol. The number of halogens is 1. The van der Waals surface area contributed by atoms with Gasteiger partial charge in [-0.25, -0.2) is 4.98 Å². The molecule has 1 amide bonds. The van der Waals surface area contributed by atoms with Crippen molar-refractivity contribution >= 4 is 33.6 Å². The predicted molar refractivity (Wildman–Crippen MR) is 123 cm³/mol. The number of hydrogen-bond acceptors (Lipinski definition) is 5. The van der Waals surface area contributed by atoms with Crippen LogP contribution in [0.1, 0.15) is 28.9 Å². The first-order chi connectivity index (χ1) is 14.7. The van der Waals surface area contributed by atoms with E-state index in [1.807, 2.05) is 54.7 Å². The van der Waals surface area contributed by atoms with Crippen molar-refractivity contribution in [2.45, 2.75) is 35.3 Å². The number of likely N-dealkylation sites (tertiary alicyclic amines) is 1. The van der Waals surface area contributed by atoms with E-state index in [0.717, 1.165) is 52.6 Å². The number of rotatable bonds is 6. The molecule has 1 N–H and O–H groups in total. The number of pyridine rings is 2. The van der Waals surface area contributed by atoms with Crippen LogP contribution in [0.25, 0.3) is 0 Å². The summed E-state index contributed by atoms with van der Waals surface area (Å²) in [6.45, 7) is 2.77. The molecule has 7 heteroatoms. The molecule has 0 atom stereocenters. The SMILES string of the molecule is O=C(NC1CCN(Cc2ccccn2)CC1)c1cccnc1Sc1ccc(Br)cc1. The van der Waals surface area contributed by atoms with E-state index in [4.69, 9.17) is 0 Å². The van der Waals surface area contributed by atoms with E-state index in [1.54, 1.807) is 6.20 Å². The highest BCUT2D eigenvalue weighted by atomic mass is 79.9. The lowest BCUT2D eigenvalue weighted by Crippen LogP contribution is -2.44. The Hall–Kier alpha value is -2.22. The van der Waals surface area contributed by atoms with Crippen LogP contribution in [0.4, 0.5) is 0 Å². The zero-order valence-corrected chi connectivity index (χ0v) is 18.9. The molecule has 1 aliphatic heterocycles. The van der Waals surface area contributed by atoms with Crippen molar-refractivity contribution < 1.29 is 4.79 Å². The molecule has 0 saturated carbocycles. The highest BCUT2D eigenvalue weighted by Crippen LogP contribution is 2.29. The summed E-state index contributed by atoms with van der Waals surface area (Å²) in [6.07, 6.45) is 5.44. The maximum atomic E-state index is 13.0. The zero-order valence-electron chi connectivity index (χ0n) is 16.5. The average Bonchev–Trinajstić information content (AvgIpc) is 2.78. The van der Waals surface area contributed by atoms with Gasteiger partial charge in [-0.15, -0.1) is 0 Å². The molecule has 0 radical (unpaired) electrons. The molecule has 1 aromatic carbocycles. The van der Waals surface area contributed by atoms with E-state index >= 15 is 0 Å². The molecule has 3 aromatic rings. The fourth-order valence-corrected chi connectivity index (χ4v) is 4.62. The number of carbonyl (C=O) groups is 1. The summed E-state index contributed by atoms with van der Waals surface area (Å²) in [6, 6.07) is 17.9. The fraction of sp³-hybridized carbons (Fsp3) is 0.261. The second-order valence-electron chi connectivity index (χ2n) is 7.26. The van der Waals surface area contributed by atoms with E-state index in [2.05, 4.69) is 42.2 Å². The minimum atomic E-state index is -0.0501. The molecule has 4 rings (SSSR count). The third kappa shape index (κ3) is 5.68. The first-order valence-electron chi connectivity index (χ1n) is 9.99. The van der Waals surface area contributed by atoms with Gasteiger partial charge in [0.2, 0.25) is 0 Å². The first-order valence-corrected chi connectivity index (χ1v) is 11.6. The van der Waals surface area contributed by atoms with Gasteiger partial charge in [-0.2, -0.15) is 0 Å². The highest BCUT2D eigenvalue weighted by Gasteiger charge is 2.23. The van der Waals surface area contributed by atoms with Crippen LogP contribution in [-0.2, 0) is 6.54 Å². The lowest BCUT2D eigenvalue weighted by molar-refractivity contribution is 0.0905. The van der Waals surface area contributed by atoms with Gasteiger partial charge in [0, 0.05) is 47.4 Å². The molecule has 154 valence electrons. The van der Waals surface area contributed by atoms with Crippen LogP contribution in [-0.4, -0.2) is 39.9 Å². The van der Waals surface area contributed by atoms with Crippen molar-refractivity contribution in [3.63, 3.8) is 0 Å². The van der Waals surface area contributed by atoms with Gasteiger partial charge in [0.15, 0.2) is 0 Å². The van der Waals surface area contributed by atoms with Gasteiger partial charge in [0.25, 0.3) is 5.91 Å². The third-order valence-corrected chi connectivity index (χ3v) is 6.63. The summed E-state index contributed by atoms with van der Waals surface area (Å²) < 4.78 is 1.03. The first kappa shape index (κ1) is 21.0. The number of nitrogens with one attached hydrogen (secondary N) is 1. The van der Waals surface area contributed by atoms with Crippen LogP contribution < -0.4 is 5.32 Å². The Kier molecular flexibility index (Phi) is 7.15. The average molecular weight is 483 g/mol. The molecule has 0 unspecified atom stereocenters. The molecule has 0 aliphatic carbocycles. The van der Waals surface area contributed by atoms with E-state index in [0.29, 0.717) is 5.56 Å². The van der Waals surface area contributed by atoms with E-state index in [1.165, 1.54) is 11.8 Å². The van der Waals surface area contributed by atoms with Gasteiger partial charge in [-0.05, 0) is 61.4 Å². The predicted octanol–water partition coefficient (Wildman–Crippen LogP) is 4.78. The summed E-state index contributed by atoms with van der Waals surface area (Å²) >= 11 is 4.96. The van der Waals surface area contributed by atoms with Gasteiger partial charge in [-0.3, -0.25) is 14.7 Å². The summed E-state index contributed by atoms with van der Waals surface area (Å²) in [5.41, 5.74) is 1.71. The van der Waals surface area contributed by atoms with Crippen molar-refractivity contribution in [3.8, 4) is 0 Å². The van der Waals surface area contributed by atoms with Gasteiger partial charge >= 0.3 is 0 Å². The summed E-state index contributed by atoms with van der Waals surface area (Å²) in [4.78, 5) is 25.2. The smallest absolute Gasteiger partial charge is 0.254 e. The maximum Gasteiger partial charge on any atom is 0.254 e. The molecule has 1 aliphatic rings. The van der Waals surface area contributed by atoms with Crippen LogP contribution in [0.3, 0.4) is 0 Å². The van der Waals surface area contributed by atoms with Crippen LogP contribution in [0.5, 0.6) is 0 Å². The van der Waals surface area contributed by atoms with Gasteiger partial charge in [-0.1, -0.05) is 33.8 Å². The second-order valence-corrected chi connectivity index (χ2v) is 9.23. The van der Waals surface area contributed by atoms with Gasteiger partial charge < -0.3 is 5.32 Å². The van der Waals surface area contributed by atoms with Crippen molar-refractivity contribution in [3.05, 3.63) is 82.7 Å². The van der Waals surface area contributed by atoms with Crippen molar-refractivity contribution in [1.29, 1.82) is 0 Å². The molecule has 1 fully saturated rings. The number of piperidine rings is 1. The fourth-order valence-electron chi connectivity index (χ4n) is 3.48. The Morgan fingerprint density at radius 1 is 1.03 bits per heavy atom. The van der Waals surface area contributed by atoms with Crippen LogP contribution in [0.15, 0.2) is 81.4 Å². The van der Waals surface area contributed by atoms with E-state index < -0.39 is 0 Å². The third-order valence-electron chi connectivity index (χ3n) is 5.08. The Morgan fingerprint density at radius 3 is 2.53 bits per heavy atom. The van der Waals surface area contributed by atoms with Gasteiger partial charge in [0.1, 0.15) is 5.03 Å². The summed E-state index contributed by atoms with van der Waals surface area (Å²) in [7, 11) is 0. The van der Waals surface area contributed by atoms with Crippen molar-refractivity contribution in [1.82, 2.24) is 20.2 Å². The van der Waals surface area contributed by atoms with E-state index in [-0.39, 0.29) is 11.9 Å². The Labute approximate surface area is 189 Å². The molecule has 1 saturated heterocycles. The van der Waals surface area contributed by atoms with Crippen LogP contribution in [0.2, 0.25) is 0 Å².